The van der Waals surface area contributed by atoms with Gasteiger partial charge in [0.1, 0.15) is 0 Å². The molecule has 1 aromatic rings. The van der Waals surface area contributed by atoms with Crippen molar-refractivity contribution in [3.8, 4) is 0 Å². The number of carbonyl (C=O) groups excluding carboxylic acids is 1. The second-order valence-electron chi connectivity index (χ2n) is 4.11. The third-order valence-electron chi connectivity index (χ3n) is 2.39. The van der Waals surface area contributed by atoms with Gasteiger partial charge < -0.3 is 10.4 Å². The van der Waals surface area contributed by atoms with E-state index in [4.69, 9.17) is 10.2 Å². The normalized spacial score (nSPS) is 11.5. The maximum atomic E-state index is 11.9. The van der Waals surface area contributed by atoms with E-state index < -0.39 is 21.9 Å². The van der Waals surface area contributed by atoms with Crippen molar-refractivity contribution in [3.05, 3.63) is 35.7 Å². The number of carboxylic acids is 1. The number of sulfonamides is 1. The molecule has 0 atom stereocenters. The van der Waals surface area contributed by atoms with Gasteiger partial charge >= 0.3 is 5.97 Å². The van der Waals surface area contributed by atoms with Crippen molar-refractivity contribution in [2.75, 3.05) is 12.3 Å². The van der Waals surface area contributed by atoms with Crippen molar-refractivity contribution in [1.82, 2.24) is 10.3 Å². The van der Waals surface area contributed by atoms with Crippen LogP contribution in [0.2, 0.25) is 0 Å². The summed E-state index contributed by atoms with van der Waals surface area (Å²) in [6, 6.07) is 1.44. The van der Waals surface area contributed by atoms with Gasteiger partial charge in [0, 0.05) is 36.1 Å². The van der Waals surface area contributed by atoms with Gasteiger partial charge in [0.2, 0.25) is 10.0 Å². The number of nitrogens with two attached hydrogens (primary N) is 1. The first-order valence-electron chi connectivity index (χ1n) is 5.93. The molecule has 0 aliphatic carbocycles. The summed E-state index contributed by atoms with van der Waals surface area (Å²) in [5, 5.41) is 16.0. The topological polar surface area (TPSA) is 139 Å². The lowest BCUT2D eigenvalue weighted by Crippen LogP contribution is -2.27. The van der Waals surface area contributed by atoms with E-state index in [0.29, 0.717) is 5.56 Å². The van der Waals surface area contributed by atoms with E-state index in [1.807, 2.05) is 0 Å². The molecule has 1 heterocycles. The summed E-state index contributed by atoms with van der Waals surface area (Å²) in [5.41, 5.74) is 0.599. The van der Waals surface area contributed by atoms with Crippen molar-refractivity contribution in [3.63, 3.8) is 0 Å². The number of pyridine rings is 1. The molecular formula is C12H15N3O5S. The number of nitrogens with one attached hydrogen (secondary N) is 1. The summed E-state index contributed by atoms with van der Waals surface area (Å²) in [4.78, 5) is 26.2. The lowest BCUT2D eigenvalue weighted by molar-refractivity contribution is -0.131. The molecule has 0 aromatic carbocycles. The van der Waals surface area contributed by atoms with Gasteiger partial charge in [0.15, 0.2) is 0 Å². The number of hydrogen-bond acceptors (Lipinski definition) is 5. The molecule has 1 aromatic heterocycles. The van der Waals surface area contributed by atoms with E-state index in [1.165, 1.54) is 24.5 Å². The second-order valence-corrected chi connectivity index (χ2v) is 5.84. The van der Waals surface area contributed by atoms with Crippen LogP contribution in [-0.4, -0.2) is 42.7 Å². The van der Waals surface area contributed by atoms with Gasteiger partial charge in [-0.15, -0.1) is 0 Å². The average Bonchev–Trinajstić information content (AvgIpc) is 2.40. The highest BCUT2D eigenvalue weighted by molar-refractivity contribution is 7.89. The fraction of sp³-hybridized carbons (Fsp3) is 0.250. The molecule has 0 unspecified atom stereocenters. The van der Waals surface area contributed by atoms with E-state index >= 15 is 0 Å². The summed E-state index contributed by atoms with van der Waals surface area (Å²) < 4.78 is 21.5. The number of hydrogen-bond donors (Lipinski definition) is 3. The molecule has 8 nitrogen and oxygen atoms in total. The van der Waals surface area contributed by atoms with Gasteiger partial charge in [-0.1, -0.05) is 0 Å². The molecular weight excluding hydrogens is 298 g/mol. The van der Waals surface area contributed by atoms with Crippen LogP contribution >= 0.6 is 0 Å². The fourth-order valence-corrected chi connectivity index (χ4v) is 2.02. The van der Waals surface area contributed by atoms with Crippen LogP contribution in [0.15, 0.2) is 24.5 Å². The molecule has 0 saturated heterocycles. The van der Waals surface area contributed by atoms with Crippen molar-refractivity contribution < 1.29 is 23.1 Å². The highest BCUT2D eigenvalue weighted by Crippen LogP contribution is 2.09. The third-order valence-corrected chi connectivity index (χ3v) is 3.25. The highest BCUT2D eigenvalue weighted by atomic mass is 32.2. The Labute approximate surface area is 121 Å². The number of aliphatic carboxylic acids is 1. The standard InChI is InChI=1S/C12H15N3O5S/c13-21(19,20)7-1-5-15-12(18)10-4-6-14-8-9(10)2-3-11(16)17/h2-4,6,8H,1,5,7H2,(H,15,18)(H,16,17)(H2,13,19,20). The molecule has 0 aliphatic rings. The molecule has 0 saturated carbocycles. The lowest BCUT2D eigenvalue weighted by atomic mass is 10.1. The number of primary sulfonamides is 1. The number of aromatic nitrogens is 1. The fourth-order valence-electron chi connectivity index (χ4n) is 1.48. The summed E-state index contributed by atoms with van der Waals surface area (Å²) in [5.74, 6) is -1.81. The van der Waals surface area contributed by atoms with Crippen LogP contribution < -0.4 is 10.5 Å². The van der Waals surface area contributed by atoms with Gasteiger partial charge in [-0.3, -0.25) is 9.78 Å². The van der Waals surface area contributed by atoms with Gasteiger partial charge in [-0.25, -0.2) is 18.4 Å². The molecule has 114 valence electrons. The Balaban J connectivity index is 2.68. The van der Waals surface area contributed by atoms with Crippen molar-refractivity contribution in [1.29, 1.82) is 0 Å². The van der Waals surface area contributed by atoms with Crippen LogP contribution in [0.4, 0.5) is 0 Å². The van der Waals surface area contributed by atoms with Gasteiger partial charge in [-0.05, 0) is 18.6 Å². The van der Waals surface area contributed by atoms with Crippen LogP contribution in [0.3, 0.4) is 0 Å². The number of rotatable bonds is 7. The molecule has 9 heteroatoms. The zero-order valence-electron chi connectivity index (χ0n) is 11.0. The van der Waals surface area contributed by atoms with Gasteiger partial charge in [-0.2, -0.15) is 0 Å². The molecule has 1 rings (SSSR count). The maximum Gasteiger partial charge on any atom is 0.328 e. The molecule has 0 fully saturated rings. The smallest absolute Gasteiger partial charge is 0.328 e. The highest BCUT2D eigenvalue weighted by Gasteiger charge is 2.10. The molecule has 21 heavy (non-hydrogen) atoms. The number of nitrogens with zero attached hydrogens (tertiary/aromatic N) is 1. The van der Waals surface area contributed by atoms with Crippen molar-refractivity contribution >= 4 is 28.0 Å². The third kappa shape index (κ3) is 6.63. The summed E-state index contributed by atoms with van der Waals surface area (Å²) in [6.07, 6.45) is 5.11. The largest absolute Gasteiger partial charge is 0.478 e. The number of carbonyl (C=O) groups is 2. The Morgan fingerprint density at radius 1 is 1.43 bits per heavy atom. The van der Waals surface area contributed by atoms with Crippen LogP contribution in [0.5, 0.6) is 0 Å². The Morgan fingerprint density at radius 2 is 2.14 bits per heavy atom. The van der Waals surface area contributed by atoms with Gasteiger partial charge in [0.05, 0.1) is 5.75 Å². The van der Waals surface area contributed by atoms with Gasteiger partial charge in [0.25, 0.3) is 5.91 Å². The average molecular weight is 313 g/mol. The van der Waals surface area contributed by atoms with Crippen LogP contribution in [0.1, 0.15) is 22.3 Å². The van der Waals surface area contributed by atoms with E-state index in [1.54, 1.807) is 0 Å². The number of amides is 1. The maximum absolute atomic E-state index is 11.9. The number of carboxylic acid groups (broad SMARTS) is 1. The Bertz CT molecular complexity index is 655. The van der Waals surface area contributed by atoms with E-state index in [-0.39, 0.29) is 24.3 Å². The zero-order chi connectivity index (χ0) is 15.9. The zero-order valence-corrected chi connectivity index (χ0v) is 11.8. The molecule has 0 aliphatic heterocycles. The van der Waals surface area contributed by atoms with Crippen LogP contribution in [0.25, 0.3) is 6.08 Å². The summed E-state index contributed by atoms with van der Waals surface area (Å²) in [7, 11) is -3.55. The lowest BCUT2D eigenvalue weighted by Gasteiger charge is -2.07. The molecule has 0 spiro atoms. The van der Waals surface area contributed by atoms with E-state index in [9.17, 15) is 18.0 Å². The van der Waals surface area contributed by atoms with E-state index in [2.05, 4.69) is 10.3 Å². The predicted molar refractivity (Wildman–Crippen MR) is 75.8 cm³/mol. The minimum absolute atomic E-state index is 0.139. The summed E-state index contributed by atoms with van der Waals surface area (Å²) >= 11 is 0. The monoisotopic (exact) mass is 313 g/mol. The Morgan fingerprint density at radius 3 is 2.76 bits per heavy atom. The Hall–Kier alpha value is -2.26. The predicted octanol–water partition coefficient (Wildman–Crippen LogP) is -0.412. The molecule has 4 N–H and O–H groups in total. The molecule has 0 radical (unpaired) electrons. The molecule has 0 bridgehead atoms. The minimum Gasteiger partial charge on any atom is -0.478 e. The first kappa shape index (κ1) is 16.8. The second kappa shape index (κ2) is 7.50. The quantitative estimate of drug-likeness (QED) is 0.462. The first-order valence-corrected chi connectivity index (χ1v) is 7.65. The Kier molecular flexibility index (Phi) is 6.00. The van der Waals surface area contributed by atoms with E-state index in [0.717, 1.165) is 6.08 Å². The van der Waals surface area contributed by atoms with Crippen LogP contribution in [-0.2, 0) is 14.8 Å². The summed E-state index contributed by atoms with van der Waals surface area (Å²) in [6.45, 7) is 0.139. The van der Waals surface area contributed by atoms with Crippen molar-refractivity contribution in [2.24, 2.45) is 5.14 Å². The van der Waals surface area contributed by atoms with Crippen LogP contribution in [0, 0.1) is 0 Å². The SMILES string of the molecule is NS(=O)(=O)CCCNC(=O)c1ccncc1C=CC(=O)O. The minimum atomic E-state index is -3.55. The first-order chi connectivity index (χ1) is 9.79. The molecule has 1 amide bonds. The van der Waals surface area contributed by atoms with Crippen molar-refractivity contribution in [2.45, 2.75) is 6.42 Å².